The van der Waals surface area contributed by atoms with Crippen molar-refractivity contribution in [3.05, 3.63) is 64.7 Å². The molecule has 1 heterocycles. The lowest BCUT2D eigenvalue weighted by Gasteiger charge is -2.35. The van der Waals surface area contributed by atoms with Crippen LogP contribution in [-0.2, 0) is 4.79 Å². The summed E-state index contributed by atoms with van der Waals surface area (Å²) in [5.41, 5.74) is 2.14. The minimum absolute atomic E-state index is 0.0495. The number of hydrogen-bond acceptors (Lipinski definition) is 6. The van der Waals surface area contributed by atoms with Crippen molar-refractivity contribution >= 4 is 23.0 Å². The van der Waals surface area contributed by atoms with E-state index in [1.807, 2.05) is 18.2 Å². The van der Waals surface area contributed by atoms with Crippen LogP contribution in [0.15, 0.2) is 54.6 Å². The van der Waals surface area contributed by atoms with Gasteiger partial charge in [-0.1, -0.05) is 18.2 Å². The molecule has 2 N–H and O–H groups in total. The summed E-state index contributed by atoms with van der Waals surface area (Å²) in [4.78, 5) is 26.9. The first-order chi connectivity index (χ1) is 14.1. The molecule has 1 aliphatic rings. The van der Waals surface area contributed by atoms with Crippen LogP contribution >= 0.6 is 0 Å². The highest BCUT2D eigenvalue weighted by molar-refractivity contribution is 5.78. The first-order valence-corrected chi connectivity index (χ1v) is 9.89. The van der Waals surface area contributed by atoms with E-state index in [2.05, 4.69) is 32.6 Å². The van der Waals surface area contributed by atoms with E-state index in [0.29, 0.717) is 19.6 Å². The van der Waals surface area contributed by atoms with Crippen molar-refractivity contribution < 1.29 is 9.72 Å². The molecule has 0 radical (unpaired) electrons. The molecule has 29 heavy (non-hydrogen) atoms. The smallest absolute Gasteiger partial charge is 0.269 e. The molecule has 154 valence electrons. The van der Waals surface area contributed by atoms with E-state index in [0.717, 1.165) is 38.3 Å². The summed E-state index contributed by atoms with van der Waals surface area (Å²) >= 11 is 0. The van der Waals surface area contributed by atoms with Crippen LogP contribution in [-0.4, -0.2) is 61.5 Å². The van der Waals surface area contributed by atoms with Gasteiger partial charge in [0.1, 0.15) is 0 Å². The van der Waals surface area contributed by atoms with Gasteiger partial charge in [0.2, 0.25) is 5.91 Å². The lowest BCUT2D eigenvalue weighted by molar-refractivity contribution is -0.384. The van der Waals surface area contributed by atoms with Crippen LogP contribution < -0.4 is 15.5 Å². The molecular formula is C21H27N5O3. The summed E-state index contributed by atoms with van der Waals surface area (Å²) < 4.78 is 0. The predicted molar refractivity (Wildman–Crippen MR) is 114 cm³/mol. The molecule has 8 nitrogen and oxygen atoms in total. The van der Waals surface area contributed by atoms with Gasteiger partial charge in [0.05, 0.1) is 11.5 Å². The summed E-state index contributed by atoms with van der Waals surface area (Å²) in [5.74, 6) is 0.0495. The Bertz CT molecular complexity index is 790. The van der Waals surface area contributed by atoms with E-state index in [-0.39, 0.29) is 11.6 Å². The number of carbonyl (C=O) groups excluding carboxylic acids is 1. The molecule has 0 bridgehead atoms. The Morgan fingerprint density at radius 2 is 1.66 bits per heavy atom. The fraction of sp³-hybridized carbons (Fsp3) is 0.381. The third-order valence-electron chi connectivity index (χ3n) is 4.94. The molecule has 0 saturated carbocycles. The van der Waals surface area contributed by atoms with Crippen molar-refractivity contribution in [1.29, 1.82) is 0 Å². The average Bonchev–Trinajstić information content (AvgIpc) is 2.75. The van der Waals surface area contributed by atoms with Gasteiger partial charge in [0.15, 0.2) is 0 Å². The van der Waals surface area contributed by atoms with Gasteiger partial charge in [-0.2, -0.15) is 0 Å². The minimum Gasteiger partial charge on any atom is -0.385 e. The Morgan fingerprint density at radius 1 is 0.966 bits per heavy atom. The molecule has 0 unspecified atom stereocenters. The number of amides is 1. The van der Waals surface area contributed by atoms with Crippen molar-refractivity contribution in [2.45, 2.75) is 6.42 Å². The Kier molecular flexibility index (Phi) is 7.40. The van der Waals surface area contributed by atoms with Crippen LogP contribution in [0.1, 0.15) is 6.42 Å². The Labute approximate surface area is 170 Å². The average molecular weight is 397 g/mol. The van der Waals surface area contributed by atoms with Crippen LogP contribution in [0.2, 0.25) is 0 Å². The van der Waals surface area contributed by atoms with E-state index in [4.69, 9.17) is 0 Å². The van der Waals surface area contributed by atoms with Gasteiger partial charge in [-0.15, -0.1) is 0 Å². The first-order valence-electron chi connectivity index (χ1n) is 9.89. The third-order valence-corrected chi connectivity index (χ3v) is 4.94. The number of benzene rings is 2. The second-order valence-electron chi connectivity index (χ2n) is 7.03. The number of non-ortho nitro benzene ring substituents is 1. The topological polar surface area (TPSA) is 90.8 Å². The summed E-state index contributed by atoms with van der Waals surface area (Å²) in [5, 5.41) is 16.8. The van der Waals surface area contributed by atoms with E-state index < -0.39 is 4.92 Å². The second-order valence-corrected chi connectivity index (χ2v) is 7.03. The molecule has 8 heteroatoms. The number of anilines is 2. The monoisotopic (exact) mass is 397 g/mol. The molecule has 1 fully saturated rings. The number of piperazine rings is 1. The number of para-hydroxylation sites is 1. The summed E-state index contributed by atoms with van der Waals surface area (Å²) in [6, 6.07) is 16.7. The maximum absolute atomic E-state index is 12.1. The van der Waals surface area contributed by atoms with Crippen molar-refractivity contribution in [2.24, 2.45) is 0 Å². The highest BCUT2D eigenvalue weighted by atomic mass is 16.6. The molecule has 1 saturated heterocycles. The SMILES string of the molecule is O=C(CN1CCN(c2ccccc2)CC1)NCCCNc1ccc([N+](=O)[O-])cc1. The van der Waals surface area contributed by atoms with Crippen LogP contribution in [0, 0.1) is 10.1 Å². The standard InChI is InChI=1S/C21H27N5O3/c27-21(17-24-13-15-25(16-14-24)19-5-2-1-3-6-19)23-12-4-11-22-18-7-9-20(10-8-18)26(28)29/h1-3,5-10,22H,4,11-17H2,(H,23,27). The molecule has 0 aliphatic carbocycles. The molecule has 1 amide bonds. The molecule has 2 aromatic rings. The lowest BCUT2D eigenvalue weighted by Crippen LogP contribution is -2.49. The van der Waals surface area contributed by atoms with E-state index >= 15 is 0 Å². The van der Waals surface area contributed by atoms with Crippen LogP contribution in [0.4, 0.5) is 17.1 Å². The van der Waals surface area contributed by atoms with Gasteiger partial charge in [-0.25, -0.2) is 0 Å². The van der Waals surface area contributed by atoms with Crippen molar-refractivity contribution in [1.82, 2.24) is 10.2 Å². The maximum atomic E-state index is 12.1. The lowest BCUT2D eigenvalue weighted by atomic mass is 10.2. The predicted octanol–water partition coefficient (Wildman–Crippen LogP) is 2.34. The van der Waals surface area contributed by atoms with Crippen LogP contribution in [0.5, 0.6) is 0 Å². The van der Waals surface area contributed by atoms with Crippen molar-refractivity contribution in [3.8, 4) is 0 Å². The quantitative estimate of drug-likeness (QED) is 0.383. The largest absolute Gasteiger partial charge is 0.385 e. The van der Waals surface area contributed by atoms with Gasteiger partial charge < -0.3 is 15.5 Å². The van der Waals surface area contributed by atoms with Crippen molar-refractivity contribution in [2.75, 3.05) is 56.0 Å². The number of hydrogen-bond donors (Lipinski definition) is 2. The molecule has 0 aromatic heterocycles. The fourth-order valence-electron chi connectivity index (χ4n) is 3.31. The van der Waals surface area contributed by atoms with E-state index in [1.54, 1.807) is 12.1 Å². The number of nitrogens with zero attached hydrogens (tertiary/aromatic N) is 3. The van der Waals surface area contributed by atoms with Crippen LogP contribution in [0.3, 0.4) is 0 Å². The Balaban J connectivity index is 1.27. The van der Waals surface area contributed by atoms with Gasteiger partial charge in [0, 0.05) is 62.8 Å². The van der Waals surface area contributed by atoms with Gasteiger partial charge in [-0.3, -0.25) is 19.8 Å². The highest BCUT2D eigenvalue weighted by Crippen LogP contribution is 2.16. The minimum atomic E-state index is -0.416. The molecule has 2 aromatic carbocycles. The zero-order valence-electron chi connectivity index (χ0n) is 16.4. The second kappa shape index (κ2) is 10.4. The van der Waals surface area contributed by atoms with E-state index in [1.165, 1.54) is 17.8 Å². The summed E-state index contributed by atoms with van der Waals surface area (Å²) in [7, 11) is 0. The molecule has 3 rings (SSSR count). The molecule has 0 atom stereocenters. The van der Waals surface area contributed by atoms with Crippen molar-refractivity contribution in [3.63, 3.8) is 0 Å². The number of carbonyl (C=O) groups is 1. The zero-order valence-corrected chi connectivity index (χ0v) is 16.4. The van der Waals surface area contributed by atoms with Gasteiger partial charge in [0.25, 0.3) is 5.69 Å². The first kappa shape index (κ1) is 20.6. The zero-order chi connectivity index (χ0) is 20.5. The van der Waals surface area contributed by atoms with E-state index in [9.17, 15) is 14.9 Å². The van der Waals surface area contributed by atoms with Gasteiger partial charge in [-0.05, 0) is 30.7 Å². The summed E-state index contributed by atoms with van der Waals surface area (Å²) in [6.45, 7) is 5.33. The number of nitro groups is 1. The number of nitro benzene ring substituents is 1. The summed E-state index contributed by atoms with van der Waals surface area (Å²) in [6.07, 6.45) is 0.782. The van der Waals surface area contributed by atoms with Crippen LogP contribution in [0.25, 0.3) is 0 Å². The molecular weight excluding hydrogens is 370 g/mol. The number of rotatable bonds is 9. The molecule has 1 aliphatic heterocycles. The fourth-order valence-corrected chi connectivity index (χ4v) is 3.31. The third kappa shape index (κ3) is 6.46. The normalized spacial score (nSPS) is 14.4. The molecule has 0 spiro atoms. The Morgan fingerprint density at radius 3 is 2.31 bits per heavy atom. The maximum Gasteiger partial charge on any atom is 0.269 e. The Hall–Kier alpha value is -3.13. The highest BCUT2D eigenvalue weighted by Gasteiger charge is 2.18. The number of nitrogens with one attached hydrogen (secondary N) is 2. The van der Waals surface area contributed by atoms with Gasteiger partial charge >= 0.3 is 0 Å².